The van der Waals surface area contributed by atoms with Gasteiger partial charge in [0.25, 0.3) is 0 Å². The fourth-order valence-corrected chi connectivity index (χ4v) is 2.25. The fraction of sp³-hybridized carbons (Fsp3) is 0.0769. The number of alkyl halides is 1. The summed E-state index contributed by atoms with van der Waals surface area (Å²) in [4.78, 5) is 0. The van der Waals surface area contributed by atoms with E-state index in [0.29, 0.717) is 0 Å². The molecular formula is C13H7Cl2F3. The Morgan fingerprint density at radius 1 is 0.833 bits per heavy atom. The summed E-state index contributed by atoms with van der Waals surface area (Å²) < 4.78 is 39.6. The van der Waals surface area contributed by atoms with Crippen molar-refractivity contribution in [1.29, 1.82) is 0 Å². The molecule has 0 bridgehead atoms. The van der Waals surface area contributed by atoms with E-state index in [1.807, 2.05) is 0 Å². The van der Waals surface area contributed by atoms with Crippen LogP contribution in [-0.4, -0.2) is 0 Å². The van der Waals surface area contributed by atoms with Crippen molar-refractivity contribution in [3.63, 3.8) is 0 Å². The highest BCUT2D eigenvalue weighted by atomic mass is 35.5. The molecule has 0 aliphatic carbocycles. The number of hydrogen-bond donors (Lipinski definition) is 0. The summed E-state index contributed by atoms with van der Waals surface area (Å²) in [5, 5.41) is -1.02. The maximum Gasteiger partial charge on any atom is 0.160 e. The minimum Gasteiger partial charge on any atom is -0.207 e. The van der Waals surface area contributed by atoms with Gasteiger partial charge >= 0.3 is 0 Å². The number of rotatable bonds is 2. The molecule has 0 aromatic heterocycles. The first-order chi connectivity index (χ1) is 8.50. The molecule has 5 heteroatoms. The average Bonchev–Trinajstić information content (AvgIpc) is 2.33. The van der Waals surface area contributed by atoms with E-state index in [4.69, 9.17) is 23.2 Å². The second kappa shape index (κ2) is 5.21. The zero-order valence-corrected chi connectivity index (χ0v) is 10.4. The fourth-order valence-electron chi connectivity index (χ4n) is 1.58. The van der Waals surface area contributed by atoms with E-state index in [0.717, 1.165) is 12.1 Å². The Morgan fingerprint density at radius 2 is 1.44 bits per heavy atom. The van der Waals surface area contributed by atoms with E-state index in [-0.39, 0.29) is 16.1 Å². The third kappa shape index (κ3) is 2.47. The van der Waals surface area contributed by atoms with Gasteiger partial charge in [0.15, 0.2) is 11.6 Å². The van der Waals surface area contributed by atoms with E-state index in [9.17, 15) is 13.2 Å². The van der Waals surface area contributed by atoms with Gasteiger partial charge in [-0.1, -0.05) is 29.8 Å². The SMILES string of the molecule is Fc1cc(Cl)c(C(Cl)c2ccccc2F)cc1F. The maximum absolute atomic E-state index is 13.5. The van der Waals surface area contributed by atoms with Crippen molar-refractivity contribution >= 4 is 23.2 Å². The highest BCUT2D eigenvalue weighted by Crippen LogP contribution is 2.35. The number of halogens is 5. The monoisotopic (exact) mass is 290 g/mol. The minimum atomic E-state index is -1.07. The summed E-state index contributed by atoms with van der Waals surface area (Å²) >= 11 is 11.8. The van der Waals surface area contributed by atoms with Gasteiger partial charge in [0.05, 0.1) is 5.38 Å². The van der Waals surface area contributed by atoms with Crippen molar-refractivity contribution in [2.75, 3.05) is 0 Å². The van der Waals surface area contributed by atoms with Crippen molar-refractivity contribution in [2.24, 2.45) is 0 Å². The molecule has 2 aromatic carbocycles. The lowest BCUT2D eigenvalue weighted by atomic mass is 10.0. The Bertz CT molecular complexity index is 584. The van der Waals surface area contributed by atoms with Crippen molar-refractivity contribution in [3.05, 3.63) is 70.0 Å². The first-order valence-electron chi connectivity index (χ1n) is 5.03. The molecule has 0 N–H and O–H groups in total. The molecule has 0 fully saturated rings. The van der Waals surface area contributed by atoms with Crippen LogP contribution >= 0.6 is 23.2 Å². The lowest BCUT2D eigenvalue weighted by Gasteiger charge is -2.13. The van der Waals surface area contributed by atoms with E-state index < -0.39 is 22.8 Å². The van der Waals surface area contributed by atoms with Gasteiger partial charge < -0.3 is 0 Å². The first kappa shape index (κ1) is 13.2. The molecule has 0 heterocycles. The normalized spacial score (nSPS) is 12.5. The van der Waals surface area contributed by atoms with Crippen LogP contribution in [0.15, 0.2) is 36.4 Å². The van der Waals surface area contributed by atoms with Crippen LogP contribution < -0.4 is 0 Å². The van der Waals surface area contributed by atoms with Gasteiger partial charge in [-0.2, -0.15) is 0 Å². The molecule has 0 saturated carbocycles. The van der Waals surface area contributed by atoms with Gasteiger partial charge in [-0.25, -0.2) is 13.2 Å². The van der Waals surface area contributed by atoms with Crippen LogP contribution in [-0.2, 0) is 0 Å². The summed E-state index contributed by atoms with van der Waals surface area (Å²) in [7, 11) is 0. The Labute approximate surface area is 112 Å². The smallest absolute Gasteiger partial charge is 0.160 e. The molecule has 2 aromatic rings. The predicted molar refractivity (Wildman–Crippen MR) is 65.5 cm³/mol. The molecule has 0 amide bonds. The zero-order valence-electron chi connectivity index (χ0n) is 8.93. The highest BCUT2D eigenvalue weighted by Gasteiger charge is 2.19. The highest BCUT2D eigenvalue weighted by molar-refractivity contribution is 6.33. The van der Waals surface area contributed by atoms with E-state index in [1.54, 1.807) is 6.07 Å². The molecule has 1 atom stereocenters. The van der Waals surface area contributed by atoms with Crippen LogP contribution in [0.1, 0.15) is 16.5 Å². The van der Waals surface area contributed by atoms with Gasteiger partial charge in [-0.15, -0.1) is 11.6 Å². The summed E-state index contributed by atoms with van der Waals surface area (Å²) in [6.07, 6.45) is 0. The molecule has 0 saturated heterocycles. The third-order valence-electron chi connectivity index (χ3n) is 2.49. The summed E-state index contributed by atoms with van der Waals surface area (Å²) in [6, 6.07) is 7.50. The topological polar surface area (TPSA) is 0 Å². The third-order valence-corrected chi connectivity index (χ3v) is 3.29. The molecular weight excluding hydrogens is 284 g/mol. The van der Waals surface area contributed by atoms with Gasteiger partial charge in [-0.3, -0.25) is 0 Å². The van der Waals surface area contributed by atoms with Gasteiger partial charge in [0.2, 0.25) is 0 Å². The number of benzene rings is 2. The van der Waals surface area contributed by atoms with Gasteiger partial charge in [0.1, 0.15) is 5.82 Å². The van der Waals surface area contributed by atoms with Crippen LogP contribution in [0.3, 0.4) is 0 Å². The molecule has 0 radical (unpaired) electrons. The van der Waals surface area contributed by atoms with E-state index >= 15 is 0 Å². The molecule has 0 nitrogen and oxygen atoms in total. The summed E-state index contributed by atoms with van der Waals surface area (Å²) in [5.41, 5.74) is 0.286. The van der Waals surface area contributed by atoms with Crippen molar-refractivity contribution in [1.82, 2.24) is 0 Å². The molecule has 0 aliphatic rings. The van der Waals surface area contributed by atoms with Crippen LogP contribution in [0.25, 0.3) is 0 Å². The zero-order chi connectivity index (χ0) is 13.3. The second-order valence-corrected chi connectivity index (χ2v) is 4.52. The van der Waals surface area contributed by atoms with E-state index in [1.165, 1.54) is 18.2 Å². The van der Waals surface area contributed by atoms with Gasteiger partial charge in [0, 0.05) is 10.6 Å². The van der Waals surface area contributed by atoms with Crippen LogP contribution in [0.4, 0.5) is 13.2 Å². The van der Waals surface area contributed by atoms with Crippen molar-refractivity contribution < 1.29 is 13.2 Å². The summed E-state index contributed by atoms with van der Waals surface area (Å²) in [5.74, 6) is -2.67. The minimum absolute atomic E-state index is 0.0443. The van der Waals surface area contributed by atoms with Gasteiger partial charge in [-0.05, 0) is 23.8 Å². The number of hydrogen-bond acceptors (Lipinski definition) is 0. The van der Waals surface area contributed by atoms with Crippen LogP contribution in [0.2, 0.25) is 5.02 Å². The average molecular weight is 291 g/mol. The standard InChI is InChI=1S/C13H7Cl2F3/c14-9-6-12(18)11(17)5-8(9)13(15)7-3-1-2-4-10(7)16/h1-6,13H. The molecule has 0 aliphatic heterocycles. The lowest BCUT2D eigenvalue weighted by molar-refractivity contribution is 0.507. The Hall–Kier alpha value is -1.19. The van der Waals surface area contributed by atoms with Crippen LogP contribution in [0, 0.1) is 17.5 Å². The molecule has 1 unspecified atom stereocenters. The molecule has 2 rings (SSSR count). The predicted octanol–water partition coefficient (Wildman–Crippen LogP) is 5.09. The molecule has 94 valence electrons. The largest absolute Gasteiger partial charge is 0.207 e. The molecule has 18 heavy (non-hydrogen) atoms. The quantitative estimate of drug-likeness (QED) is 0.534. The van der Waals surface area contributed by atoms with Crippen molar-refractivity contribution in [2.45, 2.75) is 5.38 Å². The lowest BCUT2D eigenvalue weighted by Crippen LogP contribution is -1.99. The Balaban J connectivity index is 2.50. The van der Waals surface area contributed by atoms with Crippen molar-refractivity contribution in [3.8, 4) is 0 Å². The van der Waals surface area contributed by atoms with E-state index in [2.05, 4.69) is 0 Å². The summed E-state index contributed by atoms with van der Waals surface area (Å²) in [6.45, 7) is 0. The Morgan fingerprint density at radius 3 is 2.11 bits per heavy atom. The second-order valence-electron chi connectivity index (χ2n) is 3.67. The Kier molecular flexibility index (Phi) is 3.83. The maximum atomic E-state index is 13.5. The first-order valence-corrected chi connectivity index (χ1v) is 5.85. The van der Waals surface area contributed by atoms with Crippen LogP contribution in [0.5, 0.6) is 0 Å². The molecule has 0 spiro atoms.